The van der Waals surface area contributed by atoms with E-state index in [2.05, 4.69) is 15.9 Å². The van der Waals surface area contributed by atoms with E-state index in [4.69, 9.17) is 0 Å². The zero-order valence-electron chi connectivity index (χ0n) is 10.7. The first-order chi connectivity index (χ1) is 8.51. The van der Waals surface area contributed by atoms with E-state index in [1.165, 1.54) is 12.1 Å². The van der Waals surface area contributed by atoms with E-state index in [0.29, 0.717) is 10.0 Å². The molecule has 0 aliphatic heterocycles. The quantitative estimate of drug-likeness (QED) is 0.816. The second kappa shape index (κ2) is 7.14. The standard InChI is InChI=1S/C13H17BrFNOS/c1-4-10(8-18-3)16(2)13(17)11-7-9(15)5-6-12(11)14/h5-7,10H,4,8H2,1-3H3. The van der Waals surface area contributed by atoms with Crippen LogP contribution in [0.3, 0.4) is 0 Å². The predicted molar refractivity (Wildman–Crippen MR) is 78.7 cm³/mol. The molecule has 100 valence electrons. The number of benzene rings is 1. The van der Waals surface area contributed by atoms with Crippen LogP contribution in [0.4, 0.5) is 4.39 Å². The Bertz CT molecular complexity index is 427. The van der Waals surface area contributed by atoms with Crippen LogP contribution in [0.5, 0.6) is 0 Å². The number of halogens is 2. The molecular formula is C13H17BrFNOS. The second-order valence-electron chi connectivity index (χ2n) is 4.06. The van der Waals surface area contributed by atoms with Crippen LogP contribution < -0.4 is 0 Å². The van der Waals surface area contributed by atoms with E-state index in [1.54, 1.807) is 29.8 Å². The van der Waals surface area contributed by atoms with Gasteiger partial charge in [-0.15, -0.1) is 0 Å². The largest absolute Gasteiger partial charge is 0.338 e. The number of hydrogen-bond donors (Lipinski definition) is 0. The van der Waals surface area contributed by atoms with Gasteiger partial charge in [0, 0.05) is 23.3 Å². The van der Waals surface area contributed by atoms with Crippen molar-refractivity contribution in [3.8, 4) is 0 Å². The minimum atomic E-state index is -0.395. The molecule has 1 amide bonds. The Morgan fingerprint density at radius 1 is 1.56 bits per heavy atom. The lowest BCUT2D eigenvalue weighted by Crippen LogP contribution is -2.38. The Hall–Kier alpha value is -0.550. The van der Waals surface area contributed by atoms with Gasteiger partial charge in [0.2, 0.25) is 0 Å². The smallest absolute Gasteiger partial charge is 0.255 e. The fourth-order valence-electron chi connectivity index (χ4n) is 1.71. The molecule has 5 heteroatoms. The van der Waals surface area contributed by atoms with E-state index in [0.717, 1.165) is 12.2 Å². The van der Waals surface area contributed by atoms with E-state index in [9.17, 15) is 9.18 Å². The third-order valence-electron chi connectivity index (χ3n) is 2.86. The van der Waals surface area contributed by atoms with Crippen molar-refractivity contribution in [3.05, 3.63) is 34.1 Å². The molecule has 1 aromatic carbocycles. The Kier molecular flexibility index (Phi) is 6.15. The highest BCUT2D eigenvalue weighted by Gasteiger charge is 2.21. The van der Waals surface area contributed by atoms with Gasteiger partial charge in [-0.25, -0.2) is 4.39 Å². The van der Waals surface area contributed by atoms with Crippen LogP contribution in [0.15, 0.2) is 22.7 Å². The molecule has 1 atom stereocenters. The number of carbonyl (C=O) groups excluding carboxylic acids is 1. The summed E-state index contributed by atoms with van der Waals surface area (Å²) < 4.78 is 13.8. The maximum Gasteiger partial charge on any atom is 0.255 e. The highest BCUT2D eigenvalue weighted by atomic mass is 79.9. The van der Waals surface area contributed by atoms with Crippen LogP contribution in [0.25, 0.3) is 0 Å². The van der Waals surface area contributed by atoms with Gasteiger partial charge in [0.1, 0.15) is 5.82 Å². The minimum absolute atomic E-state index is 0.151. The first-order valence-electron chi connectivity index (χ1n) is 5.72. The van der Waals surface area contributed by atoms with Crippen molar-refractivity contribution in [1.29, 1.82) is 0 Å². The van der Waals surface area contributed by atoms with Crippen molar-refractivity contribution in [1.82, 2.24) is 4.90 Å². The van der Waals surface area contributed by atoms with Crippen LogP contribution in [0.2, 0.25) is 0 Å². The van der Waals surface area contributed by atoms with Crippen LogP contribution in [0, 0.1) is 5.82 Å². The maximum atomic E-state index is 13.2. The monoisotopic (exact) mass is 333 g/mol. The molecule has 0 N–H and O–H groups in total. The van der Waals surface area contributed by atoms with Gasteiger partial charge in [-0.1, -0.05) is 6.92 Å². The molecular weight excluding hydrogens is 317 g/mol. The molecule has 1 aromatic rings. The van der Waals surface area contributed by atoms with Crippen molar-refractivity contribution in [2.75, 3.05) is 19.1 Å². The van der Waals surface area contributed by atoms with Gasteiger partial charge in [-0.3, -0.25) is 4.79 Å². The number of carbonyl (C=O) groups is 1. The molecule has 0 saturated heterocycles. The maximum absolute atomic E-state index is 13.2. The van der Waals surface area contributed by atoms with Gasteiger partial charge in [-0.2, -0.15) is 11.8 Å². The Morgan fingerprint density at radius 3 is 2.78 bits per heavy atom. The summed E-state index contributed by atoms with van der Waals surface area (Å²) in [6.45, 7) is 2.05. The van der Waals surface area contributed by atoms with Gasteiger partial charge in [0.25, 0.3) is 5.91 Å². The van der Waals surface area contributed by atoms with Gasteiger partial charge in [0.15, 0.2) is 0 Å². The van der Waals surface area contributed by atoms with Gasteiger partial charge >= 0.3 is 0 Å². The highest BCUT2D eigenvalue weighted by Crippen LogP contribution is 2.21. The van der Waals surface area contributed by atoms with Gasteiger partial charge in [-0.05, 0) is 46.8 Å². The van der Waals surface area contributed by atoms with Crippen LogP contribution in [-0.4, -0.2) is 35.9 Å². The third kappa shape index (κ3) is 3.72. The number of amides is 1. The van der Waals surface area contributed by atoms with E-state index < -0.39 is 5.82 Å². The Labute approximate surface area is 120 Å². The normalized spacial score (nSPS) is 12.3. The Balaban J connectivity index is 2.95. The molecule has 2 nitrogen and oxygen atoms in total. The summed E-state index contributed by atoms with van der Waals surface area (Å²) in [4.78, 5) is 14.0. The number of nitrogens with zero attached hydrogens (tertiary/aromatic N) is 1. The van der Waals surface area contributed by atoms with Gasteiger partial charge < -0.3 is 4.90 Å². The summed E-state index contributed by atoms with van der Waals surface area (Å²) in [5, 5.41) is 0. The first kappa shape index (κ1) is 15.5. The lowest BCUT2D eigenvalue weighted by atomic mass is 10.1. The number of rotatable bonds is 5. The fourth-order valence-corrected chi connectivity index (χ4v) is 2.97. The average Bonchev–Trinajstić information content (AvgIpc) is 2.37. The summed E-state index contributed by atoms with van der Waals surface area (Å²) in [6, 6.07) is 4.34. The molecule has 1 unspecified atom stereocenters. The fraction of sp³-hybridized carbons (Fsp3) is 0.462. The lowest BCUT2D eigenvalue weighted by molar-refractivity contribution is 0.0742. The summed E-state index contributed by atoms with van der Waals surface area (Å²) in [7, 11) is 1.77. The van der Waals surface area contributed by atoms with Crippen LogP contribution >= 0.6 is 27.7 Å². The SMILES string of the molecule is CCC(CSC)N(C)C(=O)c1cc(F)ccc1Br. The molecule has 0 radical (unpaired) electrons. The van der Waals surface area contributed by atoms with Crippen LogP contribution in [-0.2, 0) is 0 Å². The molecule has 0 aromatic heterocycles. The van der Waals surface area contributed by atoms with Crippen LogP contribution in [0.1, 0.15) is 23.7 Å². The predicted octanol–water partition coefficient (Wildman–Crippen LogP) is 3.80. The number of hydrogen-bond acceptors (Lipinski definition) is 2. The zero-order valence-corrected chi connectivity index (χ0v) is 13.1. The van der Waals surface area contributed by atoms with E-state index in [-0.39, 0.29) is 11.9 Å². The highest BCUT2D eigenvalue weighted by molar-refractivity contribution is 9.10. The Morgan fingerprint density at radius 2 is 2.22 bits per heavy atom. The molecule has 0 spiro atoms. The molecule has 1 rings (SSSR count). The van der Waals surface area contributed by atoms with E-state index >= 15 is 0 Å². The zero-order chi connectivity index (χ0) is 13.7. The van der Waals surface area contributed by atoms with E-state index in [1.807, 2.05) is 13.2 Å². The molecule has 0 bridgehead atoms. The average molecular weight is 334 g/mol. The molecule has 18 heavy (non-hydrogen) atoms. The number of thioether (sulfide) groups is 1. The summed E-state index contributed by atoms with van der Waals surface area (Å²) in [5.41, 5.74) is 0.372. The van der Waals surface area contributed by atoms with Crippen molar-refractivity contribution in [2.45, 2.75) is 19.4 Å². The van der Waals surface area contributed by atoms with Crippen molar-refractivity contribution >= 4 is 33.6 Å². The summed E-state index contributed by atoms with van der Waals surface area (Å²) in [6.07, 6.45) is 2.90. The molecule has 0 fully saturated rings. The molecule has 0 saturated carbocycles. The third-order valence-corrected chi connectivity index (χ3v) is 4.27. The molecule has 0 aliphatic rings. The van der Waals surface area contributed by atoms with Crippen molar-refractivity contribution in [3.63, 3.8) is 0 Å². The molecule has 0 aliphatic carbocycles. The summed E-state index contributed by atoms with van der Waals surface area (Å²) >= 11 is 4.99. The van der Waals surface area contributed by atoms with Crippen molar-refractivity contribution < 1.29 is 9.18 Å². The topological polar surface area (TPSA) is 20.3 Å². The second-order valence-corrected chi connectivity index (χ2v) is 5.82. The molecule has 0 heterocycles. The minimum Gasteiger partial charge on any atom is -0.338 e. The van der Waals surface area contributed by atoms with Gasteiger partial charge in [0.05, 0.1) is 5.56 Å². The summed E-state index contributed by atoms with van der Waals surface area (Å²) in [5.74, 6) is 0.334. The van der Waals surface area contributed by atoms with Crippen molar-refractivity contribution in [2.24, 2.45) is 0 Å². The lowest BCUT2D eigenvalue weighted by Gasteiger charge is -2.27. The first-order valence-corrected chi connectivity index (χ1v) is 7.91.